The Morgan fingerprint density at radius 3 is 2.57 bits per heavy atom. The molecule has 1 aliphatic heterocycles. The first-order chi connectivity index (χ1) is 6.65. The second-order valence-corrected chi connectivity index (χ2v) is 5.84. The van der Waals surface area contributed by atoms with Gasteiger partial charge >= 0.3 is 0 Å². The van der Waals surface area contributed by atoms with Gasteiger partial charge in [0.1, 0.15) is 0 Å². The van der Waals surface area contributed by atoms with Crippen LogP contribution < -0.4 is 0 Å². The summed E-state index contributed by atoms with van der Waals surface area (Å²) in [5.41, 5.74) is 0.581. The van der Waals surface area contributed by atoms with Crippen LogP contribution in [0, 0.1) is 5.41 Å². The van der Waals surface area contributed by atoms with Crippen molar-refractivity contribution in [2.24, 2.45) is 5.41 Å². The molecule has 2 unspecified atom stereocenters. The van der Waals surface area contributed by atoms with Crippen LogP contribution in [0.25, 0.3) is 0 Å². The normalized spacial score (nSPS) is 37.9. The van der Waals surface area contributed by atoms with Crippen molar-refractivity contribution in [3.05, 3.63) is 0 Å². The predicted octanol–water partition coefficient (Wildman–Crippen LogP) is 3.44. The molecule has 2 fully saturated rings. The summed E-state index contributed by atoms with van der Waals surface area (Å²) in [6, 6.07) is 1.78. The minimum absolute atomic E-state index is 0.581. The number of hydrogen-bond acceptors (Lipinski definition) is 1. The third-order valence-electron chi connectivity index (χ3n) is 4.50. The number of rotatable bonds is 2. The highest BCUT2D eigenvalue weighted by Crippen LogP contribution is 2.43. The molecule has 0 aromatic rings. The van der Waals surface area contributed by atoms with Crippen molar-refractivity contribution in [1.29, 1.82) is 0 Å². The molecule has 0 radical (unpaired) electrons. The molecule has 1 aliphatic carbocycles. The molecule has 0 N–H and O–H groups in total. The molecule has 0 aromatic heterocycles. The second-order valence-electron chi connectivity index (χ2n) is 5.84. The molecule has 2 rings (SSSR count). The fourth-order valence-corrected chi connectivity index (χ4v) is 3.63. The predicted molar refractivity (Wildman–Crippen MR) is 61.4 cm³/mol. The summed E-state index contributed by atoms with van der Waals surface area (Å²) in [6.07, 6.45) is 8.57. The van der Waals surface area contributed by atoms with Crippen molar-refractivity contribution in [2.75, 3.05) is 6.54 Å². The van der Waals surface area contributed by atoms with Crippen LogP contribution in [-0.2, 0) is 0 Å². The van der Waals surface area contributed by atoms with Crippen LogP contribution in [0.1, 0.15) is 59.3 Å². The molecule has 1 heterocycles. The molecule has 2 aliphatic rings. The lowest BCUT2D eigenvalue weighted by atomic mass is 9.86. The van der Waals surface area contributed by atoms with Crippen molar-refractivity contribution in [1.82, 2.24) is 4.90 Å². The van der Waals surface area contributed by atoms with Gasteiger partial charge < -0.3 is 0 Å². The van der Waals surface area contributed by atoms with Gasteiger partial charge in [0.25, 0.3) is 0 Å². The van der Waals surface area contributed by atoms with Gasteiger partial charge in [-0.1, -0.05) is 27.2 Å². The summed E-state index contributed by atoms with van der Waals surface area (Å²) in [5.74, 6) is 0. The van der Waals surface area contributed by atoms with E-state index in [0.29, 0.717) is 5.41 Å². The molecular weight excluding hydrogens is 170 g/mol. The highest BCUT2D eigenvalue weighted by atomic mass is 15.2. The minimum atomic E-state index is 0.581. The molecule has 1 saturated carbocycles. The van der Waals surface area contributed by atoms with Gasteiger partial charge in [-0.15, -0.1) is 0 Å². The van der Waals surface area contributed by atoms with Crippen molar-refractivity contribution >= 4 is 0 Å². The third-order valence-corrected chi connectivity index (χ3v) is 4.50. The largest absolute Gasteiger partial charge is 0.297 e. The average molecular weight is 195 g/mol. The molecule has 0 bridgehead atoms. The Morgan fingerprint density at radius 1 is 1.21 bits per heavy atom. The Kier molecular flexibility index (Phi) is 2.88. The average Bonchev–Trinajstić information content (AvgIpc) is 2.69. The van der Waals surface area contributed by atoms with Crippen molar-refractivity contribution < 1.29 is 0 Å². The van der Waals surface area contributed by atoms with Crippen LogP contribution >= 0.6 is 0 Å². The van der Waals surface area contributed by atoms with Crippen molar-refractivity contribution in [2.45, 2.75) is 71.4 Å². The SMILES string of the molecule is CCC1CCCN1C1CCCC1(C)C. The van der Waals surface area contributed by atoms with Gasteiger partial charge in [-0.2, -0.15) is 0 Å². The fourth-order valence-electron chi connectivity index (χ4n) is 3.63. The maximum absolute atomic E-state index is 2.83. The van der Waals surface area contributed by atoms with E-state index >= 15 is 0 Å². The summed E-state index contributed by atoms with van der Waals surface area (Å²) in [5, 5.41) is 0. The Bertz CT molecular complexity index is 197. The molecule has 0 amide bonds. The number of likely N-dealkylation sites (tertiary alicyclic amines) is 1. The zero-order valence-corrected chi connectivity index (χ0v) is 10.1. The van der Waals surface area contributed by atoms with Crippen LogP contribution in [0.5, 0.6) is 0 Å². The van der Waals surface area contributed by atoms with Gasteiger partial charge in [0.05, 0.1) is 0 Å². The van der Waals surface area contributed by atoms with E-state index in [-0.39, 0.29) is 0 Å². The van der Waals surface area contributed by atoms with E-state index in [2.05, 4.69) is 25.7 Å². The summed E-state index contributed by atoms with van der Waals surface area (Å²) >= 11 is 0. The standard InChI is InChI=1S/C13H25N/c1-4-11-7-6-10-14(11)12-8-5-9-13(12,2)3/h11-12H,4-10H2,1-3H3. The van der Waals surface area contributed by atoms with Gasteiger partial charge in [0.2, 0.25) is 0 Å². The van der Waals surface area contributed by atoms with Crippen LogP contribution in [0.2, 0.25) is 0 Å². The van der Waals surface area contributed by atoms with E-state index < -0.39 is 0 Å². The molecular formula is C13H25N. The topological polar surface area (TPSA) is 3.24 Å². The van der Waals surface area contributed by atoms with Gasteiger partial charge in [0.15, 0.2) is 0 Å². The van der Waals surface area contributed by atoms with Crippen molar-refractivity contribution in [3.63, 3.8) is 0 Å². The van der Waals surface area contributed by atoms with E-state index in [9.17, 15) is 0 Å². The van der Waals surface area contributed by atoms with E-state index in [4.69, 9.17) is 0 Å². The summed E-state index contributed by atoms with van der Waals surface area (Å²) in [6.45, 7) is 8.66. The zero-order chi connectivity index (χ0) is 10.2. The maximum Gasteiger partial charge on any atom is 0.0149 e. The van der Waals surface area contributed by atoms with Gasteiger partial charge in [-0.25, -0.2) is 0 Å². The fraction of sp³-hybridized carbons (Fsp3) is 1.00. The lowest BCUT2D eigenvalue weighted by Crippen LogP contribution is -2.44. The van der Waals surface area contributed by atoms with E-state index in [1.54, 1.807) is 0 Å². The molecule has 82 valence electrons. The molecule has 1 nitrogen and oxygen atoms in total. The number of hydrogen-bond donors (Lipinski definition) is 0. The first-order valence-corrected chi connectivity index (χ1v) is 6.41. The molecule has 1 saturated heterocycles. The first kappa shape index (κ1) is 10.5. The highest BCUT2D eigenvalue weighted by molar-refractivity contribution is 4.95. The minimum Gasteiger partial charge on any atom is -0.297 e. The van der Waals surface area contributed by atoms with Crippen LogP contribution in [0.3, 0.4) is 0 Å². The lowest BCUT2D eigenvalue weighted by molar-refractivity contribution is 0.0987. The molecule has 0 spiro atoms. The van der Waals surface area contributed by atoms with E-state index in [0.717, 1.165) is 12.1 Å². The lowest BCUT2D eigenvalue weighted by Gasteiger charge is -2.38. The Labute approximate surface area is 88.9 Å². The quantitative estimate of drug-likeness (QED) is 0.652. The van der Waals surface area contributed by atoms with Crippen LogP contribution in [0.15, 0.2) is 0 Å². The Balaban J connectivity index is 2.06. The van der Waals surface area contributed by atoms with Crippen LogP contribution in [-0.4, -0.2) is 23.5 Å². The first-order valence-electron chi connectivity index (χ1n) is 6.41. The van der Waals surface area contributed by atoms with E-state index in [1.165, 1.54) is 45.1 Å². The second kappa shape index (κ2) is 3.84. The highest BCUT2D eigenvalue weighted by Gasteiger charge is 2.41. The summed E-state index contributed by atoms with van der Waals surface area (Å²) < 4.78 is 0. The zero-order valence-electron chi connectivity index (χ0n) is 10.1. The summed E-state index contributed by atoms with van der Waals surface area (Å²) in [4.78, 5) is 2.83. The summed E-state index contributed by atoms with van der Waals surface area (Å²) in [7, 11) is 0. The van der Waals surface area contributed by atoms with Gasteiger partial charge in [0, 0.05) is 12.1 Å². The van der Waals surface area contributed by atoms with Gasteiger partial charge in [-0.3, -0.25) is 4.90 Å². The van der Waals surface area contributed by atoms with Crippen LogP contribution in [0.4, 0.5) is 0 Å². The molecule has 2 atom stereocenters. The molecule has 0 aromatic carbocycles. The monoisotopic (exact) mass is 195 g/mol. The van der Waals surface area contributed by atoms with Gasteiger partial charge in [-0.05, 0) is 44.1 Å². The van der Waals surface area contributed by atoms with E-state index in [1.807, 2.05) is 0 Å². The Morgan fingerprint density at radius 2 is 2.00 bits per heavy atom. The molecule has 14 heavy (non-hydrogen) atoms. The number of nitrogens with zero attached hydrogens (tertiary/aromatic N) is 1. The molecule has 1 heteroatoms. The smallest absolute Gasteiger partial charge is 0.0149 e. The van der Waals surface area contributed by atoms with Crippen molar-refractivity contribution in [3.8, 4) is 0 Å². The third kappa shape index (κ3) is 1.71. The Hall–Kier alpha value is -0.0400. The maximum atomic E-state index is 2.83.